The molecule has 1 N–H and O–H groups in total. The minimum absolute atomic E-state index is 0.0646. The summed E-state index contributed by atoms with van der Waals surface area (Å²) in [6.07, 6.45) is 0.362. The van der Waals surface area contributed by atoms with E-state index >= 15 is 0 Å². The summed E-state index contributed by atoms with van der Waals surface area (Å²) >= 11 is 0. The van der Waals surface area contributed by atoms with Crippen LogP contribution in [0.5, 0.6) is 0 Å². The van der Waals surface area contributed by atoms with Gasteiger partial charge in [-0.05, 0) is 30.3 Å². The summed E-state index contributed by atoms with van der Waals surface area (Å²) in [5.41, 5.74) is 0.205. The second kappa shape index (κ2) is 6.19. The molecule has 0 bridgehead atoms. The Hall–Kier alpha value is -3.09. The minimum atomic E-state index is -4.50. The third kappa shape index (κ3) is 3.29. The van der Waals surface area contributed by atoms with E-state index in [4.69, 9.17) is 0 Å². The predicted octanol–water partition coefficient (Wildman–Crippen LogP) is 4.14. The van der Waals surface area contributed by atoms with Crippen LogP contribution in [0.25, 0.3) is 5.69 Å². The average molecular weight is 331 g/mol. The first-order valence-electron chi connectivity index (χ1n) is 7.01. The molecular weight excluding hydrogens is 319 g/mol. The Labute approximate surface area is 135 Å². The lowest BCUT2D eigenvalue weighted by Crippen LogP contribution is -2.15. The van der Waals surface area contributed by atoms with Crippen molar-refractivity contribution < 1.29 is 18.0 Å². The zero-order valence-electron chi connectivity index (χ0n) is 12.3. The molecule has 3 aromatic rings. The molecule has 1 amide bonds. The Balaban J connectivity index is 1.89. The maximum absolute atomic E-state index is 12.8. The highest BCUT2D eigenvalue weighted by molar-refractivity contribution is 6.05. The van der Waals surface area contributed by atoms with Gasteiger partial charge >= 0.3 is 6.18 Å². The molecule has 0 unspecified atom stereocenters. The Bertz CT molecular complexity index is 858. The van der Waals surface area contributed by atoms with E-state index in [0.29, 0.717) is 11.4 Å². The molecule has 4 nitrogen and oxygen atoms in total. The third-order valence-corrected chi connectivity index (χ3v) is 3.39. The molecule has 122 valence electrons. The Morgan fingerprint density at radius 1 is 1.08 bits per heavy atom. The van der Waals surface area contributed by atoms with Gasteiger partial charge in [0, 0.05) is 18.0 Å². The van der Waals surface area contributed by atoms with E-state index in [0.717, 1.165) is 12.1 Å². The molecule has 24 heavy (non-hydrogen) atoms. The molecule has 7 heteroatoms. The number of rotatable bonds is 3. The quantitative estimate of drug-likeness (QED) is 0.784. The van der Waals surface area contributed by atoms with Crippen molar-refractivity contribution in [3.05, 3.63) is 78.4 Å². The van der Waals surface area contributed by atoms with Crippen LogP contribution in [0.1, 0.15) is 15.9 Å². The topological polar surface area (TPSA) is 46.9 Å². The van der Waals surface area contributed by atoms with Gasteiger partial charge in [-0.2, -0.15) is 13.2 Å². The van der Waals surface area contributed by atoms with Crippen molar-refractivity contribution in [3.63, 3.8) is 0 Å². The minimum Gasteiger partial charge on any atom is -0.320 e. The Kier molecular flexibility index (Phi) is 4.07. The van der Waals surface area contributed by atoms with E-state index in [1.54, 1.807) is 47.6 Å². The van der Waals surface area contributed by atoms with Gasteiger partial charge in [-0.3, -0.25) is 4.79 Å². The van der Waals surface area contributed by atoms with Gasteiger partial charge in [0.1, 0.15) is 0 Å². The largest absolute Gasteiger partial charge is 0.416 e. The van der Waals surface area contributed by atoms with Crippen molar-refractivity contribution in [2.45, 2.75) is 6.18 Å². The lowest BCUT2D eigenvalue weighted by atomic mass is 10.1. The fourth-order valence-electron chi connectivity index (χ4n) is 2.24. The number of para-hydroxylation sites is 2. The number of hydrogen-bond donors (Lipinski definition) is 1. The number of hydrogen-bond acceptors (Lipinski definition) is 2. The van der Waals surface area contributed by atoms with Crippen LogP contribution >= 0.6 is 0 Å². The molecule has 0 radical (unpaired) electrons. The monoisotopic (exact) mass is 331 g/mol. The maximum Gasteiger partial charge on any atom is 0.416 e. The van der Waals surface area contributed by atoms with Gasteiger partial charge in [-0.15, -0.1) is 0 Å². The first-order valence-corrected chi connectivity index (χ1v) is 7.01. The summed E-state index contributed by atoms with van der Waals surface area (Å²) < 4.78 is 40.0. The van der Waals surface area contributed by atoms with E-state index in [1.807, 2.05) is 0 Å². The highest BCUT2D eigenvalue weighted by atomic mass is 19.4. The molecule has 1 heterocycles. The molecular formula is C17H12F3N3O. The number of aromatic nitrogens is 2. The summed E-state index contributed by atoms with van der Waals surface area (Å²) in [5.74, 6) is -0.617. The van der Waals surface area contributed by atoms with E-state index in [2.05, 4.69) is 10.3 Å². The standard InChI is InChI=1S/C17H12F3N3O/c18-17(19,20)13-5-3-4-12(10-13)16(24)22-14-6-1-2-7-15(14)23-9-8-21-11-23/h1-11H,(H,22,24). The number of anilines is 1. The van der Waals surface area contributed by atoms with Crippen molar-refractivity contribution in [2.75, 3.05) is 5.32 Å². The number of imidazole rings is 1. The first-order chi connectivity index (χ1) is 11.4. The predicted molar refractivity (Wildman–Crippen MR) is 83.0 cm³/mol. The fraction of sp³-hybridized carbons (Fsp3) is 0.0588. The van der Waals surface area contributed by atoms with Crippen LogP contribution in [-0.2, 0) is 6.18 Å². The van der Waals surface area contributed by atoms with Gasteiger partial charge in [-0.1, -0.05) is 18.2 Å². The third-order valence-electron chi connectivity index (χ3n) is 3.39. The van der Waals surface area contributed by atoms with Crippen LogP contribution in [0.15, 0.2) is 67.3 Å². The summed E-state index contributed by atoms with van der Waals surface area (Å²) in [6.45, 7) is 0. The second-order valence-corrected chi connectivity index (χ2v) is 5.02. The molecule has 1 aromatic heterocycles. The summed E-state index contributed by atoms with van der Waals surface area (Å²) in [6, 6.07) is 11.2. The molecule has 0 saturated heterocycles. The number of amides is 1. The van der Waals surface area contributed by atoms with E-state index in [9.17, 15) is 18.0 Å². The van der Waals surface area contributed by atoms with Crippen molar-refractivity contribution in [3.8, 4) is 5.69 Å². The molecule has 0 aliphatic carbocycles. The number of benzene rings is 2. The smallest absolute Gasteiger partial charge is 0.320 e. The number of nitrogens with one attached hydrogen (secondary N) is 1. The maximum atomic E-state index is 12.8. The number of halogens is 3. The Morgan fingerprint density at radius 3 is 2.58 bits per heavy atom. The van der Waals surface area contributed by atoms with Crippen molar-refractivity contribution in [1.82, 2.24) is 9.55 Å². The van der Waals surface area contributed by atoms with Crippen molar-refractivity contribution >= 4 is 11.6 Å². The summed E-state index contributed by atoms with van der Waals surface area (Å²) in [4.78, 5) is 16.3. The van der Waals surface area contributed by atoms with Gasteiger partial charge in [0.15, 0.2) is 0 Å². The zero-order chi connectivity index (χ0) is 17.2. The second-order valence-electron chi connectivity index (χ2n) is 5.02. The molecule has 0 saturated carbocycles. The van der Waals surface area contributed by atoms with E-state index in [-0.39, 0.29) is 5.56 Å². The SMILES string of the molecule is O=C(Nc1ccccc1-n1ccnc1)c1cccc(C(F)(F)F)c1. The normalized spacial score (nSPS) is 11.3. The lowest BCUT2D eigenvalue weighted by Gasteiger charge is -2.12. The van der Waals surface area contributed by atoms with Gasteiger partial charge in [0.05, 0.1) is 23.3 Å². The highest BCUT2D eigenvalue weighted by Gasteiger charge is 2.30. The van der Waals surface area contributed by atoms with Gasteiger partial charge < -0.3 is 9.88 Å². The number of nitrogens with zero attached hydrogens (tertiary/aromatic N) is 2. The van der Waals surface area contributed by atoms with Crippen LogP contribution in [0.2, 0.25) is 0 Å². The van der Waals surface area contributed by atoms with Crippen LogP contribution in [-0.4, -0.2) is 15.5 Å². The van der Waals surface area contributed by atoms with Crippen LogP contribution < -0.4 is 5.32 Å². The Morgan fingerprint density at radius 2 is 1.88 bits per heavy atom. The lowest BCUT2D eigenvalue weighted by molar-refractivity contribution is -0.137. The van der Waals surface area contributed by atoms with E-state index in [1.165, 1.54) is 12.1 Å². The van der Waals surface area contributed by atoms with Crippen LogP contribution in [0.4, 0.5) is 18.9 Å². The first kappa shape index (κ1) is 15.8. The summed E-state index contributed by atoms with van der Waals surface area (Å²) in [7, 11) is 0. The molecule has 2 aromatic carbocycles. The van der Waals surface area contributed by atoms with Crippen molar-refractivity contribution in [2.24, 2.45) is 0 Å². The molecule has 0 aliphatic heterocycles. The van der Waals surface area contributed by atoms with Crippen LogP contribution in [0.3, 0.4) is 0 Å². The fourth-order valence-corrected chi connectivity index (χ4v) is 2.24. The summed E-state index contributed by atoms with van der Waals surface area (Å²) in [5, 5.41) is 2.64. The molecule has 0 aliphatic rings. The van der Waals surface area contributed by atoms with Gasteiger partial charge in [0.25, 0.3) is 5.91 Å². The molecule has 0 spiro atoms. The number of carbonyl (C=O) groups is 1. The molecule has 0 fully saturated rings. The number of alkyl halides is 3. The van der Waals surface area contributed by atoms with Gasteiger partial charge in [0.2, 0.25) is 0 Å². The highest BCUT2D eigenvalue weighted by Crippen LogP contribution is 2.30. The molecule has 3 rings (SSSR count). The average Bonchev–Trinajstić information content (AvgIpc) is 3.09. The van der Waals surface area contributed by atoms with E-state index < -0.39 is 17.6 Å². The molecule has 0 atom stereocenters. The van der Waals surface area contributed by atoms with Gasteiger partial charge in [-0.25, -0.2) is 4.98 Å². The van der Waals surface area contributed by atoms with Crippen LogP contribution in [0, 0.1) is 0 Å². The zero-order valence-corrected chi connectivity index (χ0v) is 12.3. The number of carbonyl (C=O) groups excluding carboxylic acids is 1. The van der Waals surface area contributed by atoms with Crippen molar-refractivity contribution in [1.29, 1.82) is 0 Å².